The Bertz CT molecular complexity index is 660. The number of hydrogen-bond donors (Lipinski definition) is 1. The molecule has 1 fully saturated rings. The van der Waals surface area contributed by atoms with Crippen LogP contribution in [0.4, 0.5) is 0 Å². The summed E-state index contributed by atoms with van der Waals surface area (Å²) in [4.78, 5) is 5.00. The Morgan fingerprint density at radius 3 is 2.32 bits per heavy atom. The van der Waals surface area contributed by atoms with Crippen LogP contribution in [0.1, 0.15) is 28.3 Å². The first-order valence-electron chi connectivity index (χ1n) is 9.37. The molecule has 1 aliphatic heterocycles. The van der Waals surface area contributed by atoms with E-state index in [1.54, 1.807) is 0 Å². The number of nitrogens with zero attached hydrogens (tertiary/aromatic N) is 2. The fourth-order valence-electron chi connectivity index (χ4n) is 3.42. The third-order valence-electron chi connectivity index (χ3n) is 5.36. The van der Waals surface area contributed by atoms with Crippen LogP contribution in [0.2, 0.25) is 0 Å². The van der Waals surface area contributed by atoms with Crippen LogP contribution in [0.3, 0.4) is 0 Å². The normalized spacial score (nSPS) is 17.6. The van der Waals surface area contributed by atoms with E-state index in [1.165, 1.54) is 35.3 Å². The zero-order valence-corrected chi connectivity index (χ0v) is 15.8. The second-order valence-corrected chi connectivity index (χ2v) is 7.37. The van der Waals surface area contributed by atoms with E-state index in [4.69, 9.17) is 0 Å². The van der Waals surface area contributed by atoms with E-state index in [-0.39, 0.29) is 0 Å². The molecule has 1 N–H and O–H groups in total. The molecule has 134 valence electrons. The molecule has 1 atom stereocenters. The Labute approximate surface area is 152 Å². The molecule has 0 bridgehead atoms. The smallest absolute Gasteiger partial charge is 0.0451 e. The number of piperazine rings is 1. The van der Waals surface area contributed by atoms with Crippen LogP contribution >= 0.6 is 0 Å². The molecule has 0 aromatic heterocycles. The average molecular weight is 338 g/mol. The first-order valence-corrected chi connectivity index (χ1v) is 9.37. The molecule has 1 aliphatic rings. The summed E-state index contributed by atoms with van der Waals surface area (Å²) in [6, 6.07) is 18.0. The van der Waals surface area contributed by atoms with E-state index < -0.39 is 0 Å². The predicted molar refractivity (Wildman–Crippen MR) is 106 cm³/mol. The first kappa shape index (κ1) is 18.1. The van der Waals surface area contributed by atoms with Crippen molar-refractivity contribution >= 4 is 0 Å². The SMILES string of the molecule is Cc1ccc(CN[C@H](CN2CCN(C)CC2)c2ccccc2)cc1C. The summed E-state index contributed by atoms with van der Waals surface area (Å²) in [7, 11) is 2.21. The highest BCUT2D eigenvalue weighted by Crippen LogP contribution is 2.17. The lowest BCUT2D eigenvalue weighted by atomic mass is 10.0. The Morgan fingerprint density at radius 2 is 1.64 bits per heavy atom. The molecule has 25 heavy (non-hydrogen) atoms. The minimum Gasteiger partial charge on any atom is -0.305 e. The lowest BCUT2D eigenvalue weighted by molar-refractivity contribution is 0.142. The molecule has 0 saturated carbocycles. The zero-order chi connectivity index (χ0) is 17.6. The van der Waals surface area contributed by atoms with Gasteiger partial charge in [0.1, 0.15) is 0 Å². The molecule has 0 spiro atoms. The van der Waals surface area contributed by atoms with E-state index in [0.29, 0.717) is 6.04 Å². The Hall–Kier alpha value is -1.68. The fourth-order valence-corrected chi connectivity index (χ4v) is 3.42. The lowest BCUT2D eigenvalue weighted by Gasteiger charge is -2.35. The van der Waals surface area contributed by atoms with Gasteiger partial charge >= 0.3 is 0 Å². The molecule has 1 saturated heterocycles. The first-order chi connectivity index (χ1) is 12.1. The number of likely N-dealkylation sites (N-methyl/N-ethyl adjacent to an activating group) is 1. The maximum absolute atomic E-state index is 3.80. The summed E-state index contributed by atoms with van der Waals surface area (Å²) in [6.45, 7) is 11.0. The highest BCUT2D eigenvalue weighted by atomic mass is 15.3. The third kappa shape index (κ3) is 5.15. The monoisotopic (exact) mass is 337 g/mol. The van der Waals surface area contributed by atoms with Crippen molar-refractivity contribution in [3.8, 4) is 0 Å². The quantitative estimate of drug-likeness (QED) is 0.872. The molecule has 3 rings (SSSR count). The standard InChI is InChI=1S/C22H31N3/c1-18-9-10-20(15-19(18)2)16-23-22(21-7-5-4-6-8-21)17-25-13-11-24(3)12-14-25/h4-10,15,22-23H,11-14,16-17H2,1-3H3/t22-/m1/s1. The van der Waals surface area contributed by atoms with E-state index >= 15 is 0 Å². The highest BCUT2D eigenvalue weighted by Gasteiger charge is 2.19. The van der Waals surface area contributed by atoms with E-state index in [1.807, 2.05) is 0 Å². The highest BCUT2D eigenvalue weighted by molar-refractivity contribution is 5.30. The van der Waals surface area contributed by atoms with E-state index in [0.717, 1.165) is 26.2 Å². The number of rotatable bonds is 6. The molecule has 3 heteroatoms. The molecule has 0 aliphatic carbocycles. The molecule has 1 heterocycles. The van der Waals surface area contributed by atoms with Gasteiger partial charge in [-0.25, -0.2) is 0 Å². The Balaban J connectivity index is 1.67. The average Bonchev–Trinajstić information content (AvgIpc) is 2.64. The van der Waals surface area contributed by atoms with Gasteiger partial charge in [0.05, 0.1) is 0 Å². The van der Waals surface area contributed by atoms with Crippen molar-refractivity contribution in [1.82, 2.24) is 15.1 Å². The fraction of sp³-hybridized carbons (Fsp3) is 0.455. The summed E-state index contributed by atoms with van der Waals surface area (Å²) in [5.74, 6) is 0. The second kappa shape index (κ2) is 8.61. The Morgan fingerprint density at radius 1 is 0.920 bits per heavy atom. The van der Waals surface area contributed by atoms with Gasteiger partial charge in [-0.2, -0.15) is 0 Å². The van der Waals surface area contributed by atoms with Crippen LogP contribution in [-0.2, 0) is 6.54 Å². The minimum absolute atomic E-state index is 0.367. The van der Waals surface area contributed by atoms with Gasteiger partial charge in [-0.05, 0) is 43.1 Å². The molecule has 2 aromatic rings. The molecule has 3 nitrogen and oxygen atoms in total. The zero-order valence-electron chi connectivity index (χ0n) is 15.8. The molecular formula is C22H31N3. The summed E-state index contributed by atoms with van der Waals surface area (Å²) in [6.07, 6.45) is 0. The van der Waals surface area contributed by atoms with Crippen LogP contribution in [0.5, 0.6) is 0 Å². The van der Waals surface area contributed by atoms with Crippen LogP contribution in [0.25, 0.3) is 0 Å². The summed E-state index contributed by atoms with van der Waals surface area (Å²) < 4.78 is 0. The minimum atomic E-state index is 0.367. The van der Waals surface area contributed by atoms with Crippen molar-refractivity contribution in [3.63, 3.8) is 0 Å². The van der Waals surface area contributed by atoms with Gasteiger partial charge in [0.15, 0.2) is 0 Å². The number of aryl methyl sites for hydroxylation is 2. The number of nitrogens with one attached hydrogen (secondary N) is 1. The van der Waals surface area contributed by atoms with E-state index in [9.17, 15) is 0 Å². The van der Waals surface area contributed by atoms with Gasteiger partial charge in [0.2, 0.25) is 0 Å². The summed E-state index contributed by atoms with van der Waals surface area (Å²) in [5, 5.41) is 3.80. The maximum Gasteiger partial charge on any atom is 0.0451 e. The van der Waals surface area contributed by atoms with Gasteiger partial charge < -0.3 is 10.2 Å². The summed E-state index contributed by atoms with van der Waals surface area (Å²) in [5.41, 5.74) is 5.48. The van der Waals surface area contributed by atoms with Crippen LogP contribution < -0.4 is 5.32 Å². The summed E-state index contributed by atoms with van der Waals surface area (Å²) >= 11 is 0. The molecular weight excluding hydrogens is 306 g/mol. The number of benzene rings is 2. The van der Waals surface area contributed by atoms with Crippen LogP contribution in [0, 0.1) is 13.8 Å². The molecule has 0 unspecified atom stereocenters. The molecule has 0 amide bonds. The van der Waals surface area contributed by atoms with Crippen molar-refractivity contribution in [2.75, 3.05) is 39.8 Å². The van der Waals surface area contributed by atoms with Crippen molar-refractivity contribution in [2.24, 2.45) is 0 Å². The topological polar surface area (TPSA) is 18.5 Å². The van der Waals surface area contributed by atoms with Gasteiger partial charge in [-0.15, -0.1) is 0 Å². The van der Waals surface area contributed by atoms with E-state index in [2.05, 4.69) is 84.5 Å². The van der Waals surface area contributed by atoms with Crippen molar-refractivity contribution < 1.29 is 0 Å². The van der Waals surface area contributed by atoms with Gasteiger partial charge in [0.25, 0.3) is 0 Å². The lowest BCUT2D eigenvalue weighted by Crippen LogP contribution is -2.47. The van der Waals surface area contributed by atoms with Crippen LogP contribution in [-0.4, -0.2) is 49.6 Å². The van der Waals surface area contributed by atoms with Crippen molar-refractivity contribution in [1.29, 1.82) is 0 Å². The largest absolute Gasteiger partial charge is 0.305 e. The number of hydrogen-bond acceptors (Lipinski definition) is 3. The van der Waals surface area contributed by atoms with Gasteiger partial charge in [-0.1, -0.05) is 48.5 Å². The Kier molecular flexibility index (Phi) is 6.24. The van der Waals surface area contributed by atoms with Gasteiger partial charge in [-0.3, -0.25) is 4.90 Å². The maximum atomic E-state index is 3.80. The third-order valence-corrected chi connectivity index (χ3v) is 5.36. The van der Waals surface area contributed by atoms with Crippen molar-refractivity contribution in [3.05, 3.63) is 70.8 Å². The molecule has 2 aromatic carbocycles. The van der Waals surface area contributed by atoms with Crippen LogP contribution in [0.15, 0.2) is 48.5 Å². The molecule has 0 radical (unpaired) electrons. The van der Waals surface area contributed by atoms with Gasteiger partial charge in [0, 0.05) is 45.3 Å². The second-order valence-electron chi connectivity index (χ2n) is 7.37. The predicted octanol–water partition coefficient (Wildman–Crippen LogP) is 3.38. The van der Waals surface area contributed by atoms with Crippen molar-refractivity contribution in [2.45, 2.75) is 26.4 Å².